The topological polar surface area (TPSA) is 221 Å². The number of aromatic hydroxyl groups is 3. The van der Waals surface area contributed by atoms with Crippen LogP contribution in [0.3, 0.4) is 0 Å². The van der Waals surface area contributed by atoms with Crippen LogP contribution in [0.5, 0.6) is 17.2 Å². The number of hydrogen-bond donors (Lipinski definition) is 7. The Kier molecular flexibility index (Phi) is 10.1. The average Bonchev–Trinajstić information content (AvgIpc) is 3.21. The fourth-order valence-corrected chi connectivity index (χ4v) is 4.54. The van der Waals surface area contributed by atoms with Gasteiger partial charge in [-0.25, -0.2) is 4.79 Å². The highest BCUT2D eigenvalue weighted by Gasteiger charge is 2.44. The highest BCUT2D eigenvalue weighted by Crippen LogP contribution is 2.36. The number of aliphatic hydroxyl groups excluding tert-OH is 3. The zero-order chi connectivity index (χ0) is 28.0. The molecule has 0 bridgehead atoms. The highest BCUT2D eigenvalue weighted by molar-refractivity contribution is 5.91. The number of carboxylic acid groups (broad SMARTS) is 1. The van der Waals surface area contributed by atoms with Crippen LogP contribution in [0, 0.1) is 11.8 Å². The van der Waals surface area contributed by atoms with Crippen LogP contribution in [0.1, 0.15) is 42.5 Å². The third-order valence-electron chi connectivity index (χ3n) is 6.66. The lowest BCUT2D eigenvalue weighted by molar-refractivity contribution is -0.300. The van der Waals surface area contributed by atoms with Gasteiger partial charge in [0, 0.05) is 18.8 Å². The first kappa shape index (κ1) is 29.3. The van der Waals surface area contributed by atoms with Gasteiger partial charge < -0.3 is 50.0 Å². The Morgan fingerprint density at radius 2 is 1.71 bits per heavy atom. The normalized spacial score (nSPS) is 29.6. The standard InChI is InChI=1S/C25H32O13/c26-15-6-5-12(10-19(29)30)14(15)4-2-1-3-7-36-25-23(34)22(33)21(32)18(38-25)11-37-24(35)13-8-16(27)20(31)17(28)9-13/h1-2,8-9,12,14,18,21-23,25,27-28,31-34H,3-7,10-11H2,(H,29,30)/t12-,14-,18-,21+,22+,23+,25+/m1/s1. The van der Waals surface area contributed by atoms with Crippen LogP contribution in [0.15, 0.2) is 24.3 Å². The maximum Gasteiger partial charge on any atom is 0.338 e. The van der Waals surface area contributed by atoms with E-state index in [-0.39, 0.29) is 36.2 Å². The molecule has 0 aromatic heterocycles. The Morgan fingerprint density at radius 3 is 2.37 bits per heavy atom. The number of Topliss-reactive ketones (excluding diaryl/α,β-unsaturated/α-hetero) is 1. The number of ketones is 1. The fourth-order valence-electron chi connectivity index (χ4n) is 4.54. The molecule has 0 amide bonds. The van der Waals surface area contributed by atoms with Crippen molar-refractivity contribution in [2.24, 2.45) is 11.8 Å². The smallest absolute Gasteiger partial charge is 0.338 e. The number of ether oxygens (including phenoxy) is 3. The Bertz CT molecular complexity index is 1020. The molecule has 7 N–H and O–H groups in total. The van der Waals surface area contributed by atoms with Crippen molar-refractivity contribution in [2.75, 3.05) is 13.2 Å². The Morgan fingerprint density at radius 1 is 1.03 bits per heavy atom. The van der Waals surface area contributed by atoms with E-state index in [9.17, 15) is 45.0 Å². The van der Waals surface area contributed by atoms with Crippen molar-refractivity contribution >= 4 is 17.7 Å². The molecule has 1 heterocycles. The predicted molar refractivity (Wildman–Crippen MR) is 126 cm³/mol. The van der Waals surface area contributed by atoms with Gasteiger partial charge in [-0.2, -0.15) is 0 Å². The second-order valence-corrected chi connectivity index (χ2v) is 9.31. The number of hydrogen-bond acceptors (Lipinski definition) is 12. The number of benzene rings is 1. The highest BCUT2D eigenvalue weighted by atomic mass is 16.7. The molecule has 1 aromatic carbocycles. The van der Waals surface area contributed by atoms with E-state index < -0.39 is 66.5 Å². The monoisotopic (exact) mass is 540 g/mol. The van der Waals surface area contributed by atoms with Gasteiger partial charge >= 0.3 is 11.9 Å². The van der Waals surface area contributed by atoms with Crippen LogP contribution in [-0.4, -0.2) is 97.4 Å². The Balaban J connectivity index is 1.47. The van der Waals surface area contributed by atoms with Gasteiger partial charge in [0.1, 0.15) is 36.8 Å². The van der Waals surface area contributed by atoms with Crippen LogP contribution in [0.4, 0.5) is 0 Å². The number of phenolic OH excluding ortho intramolecular Hbond substituents is 3. The molecule has 210 valence electrons. The maximum absolute atomic E-state index is 12.2. The second kappa shape index (κ2) is 13.0. The van der Waals surface area contributed by atoms with Crippen molar-refractivity contribution < 1.29 is 64.3 Å². The number of aliphatic carboxylic acids is 1. The maximum atomic E-state index is 12.2. The minimum Gasteiger partial charge on any atom is -0.504 e. The molecule has 1 saturated carbocycles. The van der Waals surface area contributed by atoms with Gasteiger partial charge in [0.25, 0.3) is 0 Å². The summed E-state index contributed by atoms with van der Waals surface area (Å²) in [7, 11) is 0. The molecule has 0 spiro atoms. The van der Waals surface area contributed by atoms with E-state index in [1.54, 1.807) is 12.2 Å². The van der Waals surface area contributed by atoms with E-state index in [1.165, 1.54) is 0 Å². The van der Waals surface area contributed by atoms with E-state index in [2.05, 4.69) is 0 Å². The molecule has 2 fully saturated rings. The number of carbonyl (C=O) groups is 3. The van der Waals surface area contributed by atoms with Crippen molar-refractivity contribution in [3.05, 3.63) is 29.8 Å². The minimum absolute atomic E-state index is 0.0385. The van der Waals surface area contributed by atoms with Crippen molar-refractivity contribution in [3.8, 4) is 17.2 Å². The molecule has 13 heteroatoms. The van der Waals surface area contributed by atoms with Gasteiger partial charge in [0.2, 0.25) is 0 Å². The van der Waals surface area contributed by atoms with E-state index in [0.29, 0.717) is 25.7 Å². The quantitative estimate of drug-likeness (QED) is 0.0863. The summed E-state index contributed by atoms with van der Waals surface area (Å²) in [6, 6.07) is 1.73. The van der Waals surface area contributed by atoms with Crippen molar-refractivity contribution in [3.63, 3.8) is 0 Å². The van der Waals surface area contributed by atoms with Crippen LogP contribution in [0.25, 0.3) is 0 Å². The van der Waals surface area contributed by atoms with Crippen molar-refractivity contribution in [1.82, 2.24) is 0 Å². The van der Waals surface area contributed by atoms with Gasteiger partial charge in [-0.1, -0.05) is 12.2 Å². The second-order valence-electron chi connectivity index (χ2n) is 9.31. The predicted octanol–water partition coefficient (Wildman–Crippen LogP) is 0.191. The third kappa shape index (κ3) is 7.20. The first-order valence-electron chi connectivity index (χ1n) is 12.1. The number of aliphatic hydroxyl groups is 3. The molecule has 1 aliphatic heterocycles. The van der Waals surface area contributed by atoms with Crippen molar-refractivity contribution in [1.29, 1.82) is 0 Å². The Labute approximate surface area is 217 Å². The van der Waals surface area contributed by atoms with Crippen LogP contribution in [0.2, 0.25) is 0 Å². The molecule has 1 aliphatic carbocycles. The van der Waals surface area contributed by atoms with Gasteiger partial charge in [-0.3, -0.25) is 9.59 Å². The zero-order valence-electron chi connectivity index (χ0n) is 20.4. The van der Waals surface area contributed by atoms with E-state index in [1.807, 2.05) is 0 Å². The zero-order valence-corrected chi connectivity index (χ0v) is 20.4. The summed E-state index contributed by atoms with van der Waals surface area (Å²) in [5.41, 5.74) is -0.295. The first-order valence-corrected chi connectivity index (χ1v) is 12.1. The summed E-state index contributed by atoms with van der Waals surface area (Å²) in [6.07, 6.45) is -2.37. The molecule has 38 heavy (non-hydrogen) atoms. The molecule has 3 rings (SSSR count). The lowest BCUT2D eigenvalue weighted by Crippen LogP contribution is -2.59. The molecule has 1 aromatic rings. The van der Waals surface area contributed by atoms with Gasteiger partial charge in [-0.15, -0.1) is 0 Å². The first-order chi connectivity index (χ1) is 18.0. The fraction of sp³-hybridized carbons (Fsp3) is 0.560. The number of rotatable bonds is 11. The Hall–Kier alpha value is -3.23. The van der Waals surface area contributed by atoms with Gasteiger partial charge in [0.05, 0.1) is 12.2 Å². The SMILES string of the molecule is O=C(O)C[C@H]1CCC(=O)[C@@H]1CC=CCCO[C@H]1O[C@H](COC(=O)c2cc(O)c(O)c(O)c2)[C@H](O)[C@H](O)[C@@H]1O. The lowest BCUT2D eigenvalue weighted by atomic mass is 9.89. The number of carboxylic acids is 1. The summed E-state index contributed by atoms with van der Waals surface area (Å²) >= 11 is 0. The van der Waals surface area contributed by atoms with Crippen LogP contribution >= 0.6 is 0 Å². The molecule has 0 radical (unpaired) electrons. The lowest BCUT2D eigenvalue weighted by Gasteiger charge is -2.39. The molecule has 0 unspecified atom stereocenters. The molecule has 7 atom stereocenters. The third-order valence-corrected chi connectivity index (χ3v) is 6.66. The largest absolute Gasteiger partial charge is 0.504 e. The van der Waals surface area contributed by atoms with Crippen LogP contribution < -0.4 is 0 Å². The molecular weight excluding hydrogens is 508 g/mol. The number of allylic oxidation sites excluding steroid dienone is 1. The van der Waals surface area contributed by atoms with E-state index in [0.717, 1.165) is 12.1 Å². The van der Waals surface area contributed by atoms with Crippen LogP contribution in [-0.2, 0) is 23.8 Å². The summed E-state index contributed by atoms with van der Waals surface area (Å²) in [4.78, 5) is 35.2. The van der Waals surface area contributed by atoms with Crippen molar-refractivity contribution in [2.45, 2.75) is 62.8 Å². The summed E-state index contributed by atoms with van der Waals surface area (Å²) in [5.74, 6) is -4.73. The van der Waals surface area contributed by atoms with Gasteiger partial charge in [-0.05, 0) is 37.3 Å². The molecule has 1 saturated heterocycles. The van der Waals surface area contributed by atoms with E-state index >= 15 is 0 Å². The molecule has 13 nitrogen and oxygen atoms in total. The number of esters is 1. The summed E-state index contributed by atoms with van der Waals surface area (Å²) in [6.45, 7) is -0.532. The minimum atomic E-state index is -1.67. The summed E-state index contributed by atoms with van der Waals surface area (Å²) < 4.78 is 16.0. The van der Waals surface area contributed by atoms with Gasteiger partial charge in [0.15, 0.2) is 23.5 Å². The number of carbonyl (C=O) groups excluding carboxylic acids is 2. The van der Waals surface area contributed by atoms with E-state index in [4.69, 9.17) is 19.3 Å². The average molecular weight is 541 g/mol. The molecular formula is C25H32O13. The molecule has 2 aliphatic rings. The number of phenols is 3. The summed E-state index contributed by atoms with van der Waals surface area (Å²) in [5, 5.41) is 68.0.